The van der Waals surface area contributed by atoms with Crippen LogP contribution >= 0.6 is 0 Å². The first-order valence-electron chi connectivity index (χ1n) is 10.9. The second-order valence-electron chi connectivity index (χ2n) is 3.55. The Kier molecular flexibility index (Phi) is 2.28. The number of carbonyl (C=O) groups is 2. The maximum absolute atomic E-state index is 11.9. The molecule has 0 heterocycles. The van der Waals surface area contributed by atoms with E-state index in [9.17, 15) is 9.59 Å². The fourth-order valence-corrected chi connectivity index (χ4v) is 0.786. The number of hydrogen-bond acceptors (Lipinski definition) is 4. The molecule has 0 aliphatic rings. The van der Waals surface area contributed by atoms with E-state index in [0.717, 1.165) is 0 Å². The molecule has 0 aromatic rings. The minimum absolute atomic E-state index is 0.538. The van der Waals surface area contributed by atoms with Gasteiger partial charge in [0, 0.05) is 25.2 Å². The molecular weight excluding hydrogens is 236 g/mol. The summed E-state index contributed by atoms with van der Waals surface area (Å²) in [6, 6.07) is -0.538. The first-order valence-corrected chi connectivity index (χ1v) is 4.89. The third kappa shape index (κ3) is 7.76. The van der Waals surface area contributed by atoms with E-state index in [2.05, 4.69) is 14.8 Å². The molecule has 0 fully saturated rings. The maximum Gasteiger partial charge on any atom is 0.407 e. The van der Waals surface area contributed by atoms with Gasteiger partial charge >= 0.3 is 12.2 Å². The van der Waals surface area contributed by atoms with Gasteiger partial charge in [0.1, 0.15) is 13.2 Å². The van der Waals surface area contributed by atoms with Gasteiger partial charge in [0.15, 0.2) is 0 Å². The van der Waals surface area contributed by atoms with E-state index >= 15 is 0 Å². The summed E-state index contributed by atoms with van der Waals surface area (Å²) in [6.07, 6.45) is -11.4. The lowest BCUT2D eigenvalue weighted by Crippen LogP contribution is -2.37. The molecule has 6 heteroatoms. The van der Waals surface area contributed by atoms with Gasteiger partial charge in [-0.1, -0.05) is 20.1 Å². The molecule has 0 aromatic carbocycles. The highest BCUT2D eigenvalue weighted by molar-refractivity contribution is 5.67. The molecule has 0 aliphatic heterocycles. The predicted octanol–water partition coefficient (Wildman–Crippen LogP) is 2.02. The molecule has 2 amide bonds. The van der Waals surface area contributed by atoms with Crippen molar-refractivity contribution in [3.63, 3.8) is 0 Å². The van der Waals surface area contributed by atoms with Gasteiger partial charge in [-0.3, -0.25) is 0 Å². The van der Waals surface area contributed by atoms with Gasteiger partial charge in [-0.25, -0.2) is 9.59 Å². The van der Waals surface area contributed by atoms with Crippen molar-refractivity contribution in [2.24, 2.45) is 11.1 Å². The van der Waals surface area contributed by atoms with E-state index in [1.807, 2.05) is 0 Å². The fourth-order valence-electron chi connectivity index (χ4n) is 0.786. The van der Waals surface area contributed by atoms with Crippen molar-refractivity contribution >= 4 is 12.2 Å². The average molecular weight is 272 g/mol. The van der Waals surface area contributed by atoms with Crippen LogP contribution in [-0.2, 0) is 9.47 Å². The van der Waals surface area contributed by atoms with Crippen LogP contribution in [0.1, 0.15) is 56.7 Å². The number of nitrogens with one attached hydrogen (secondary N) is 1. The second-order valence-corrected chi connectivity index (χ2v) is 3.55. The Morgan fingerprint density at radius 2 is 2.22 bits per heavy atom. The number of primary amides is 1. The van der Waals surface area contributed by atoms with Crippen molar-refractivity contribution in [3.8, 4) is 0 Å². The van der Waals surface area contributed by atoms with Crippen LogP contribution < -0.4 is 11.1 Å². The minimum Gasteiger partial charge on any atom is -0.449 e. The van der Waals surface area contributed by atoms with Crippen LogP contribution in [0.4, 0.5) is 9.59 Å². The summed E-state index contributed by atoms with van der Waals surface area (Å²) < 4.78 is 101. The number of rotatable bonds is 7. The molecule has 3 N–H and O–H groups in total. The summed E-state index contributed by atoms with van der Waals surface area (Å²) in [4.78, 5) is 23.0. The number of alkyl carbamates (subject to hydrolysis) is 1. The molecule has 0 saturated carbocycles. The first kappa shape index (κ1) is 5.27. The normalized spacial score (nSPS) is 27.5. The van der Waals surface area contributed by atoms with E-state index < -0.39 is 63.3 Å². The highest BCUT2D eigenvalue weighted by Gasteiger charge is 2.27. The number of nitrogens with two attached hydrogens (primary N) is 1. The second kappa shape index (κ2) is 7.79. The van der Waals surface area contributed by atoms with Gasteiger partial charge in [-0.2, -0.15) is 0 Å². The van der Waals surface area contributed by atoms with Crippen LogP contribution in [0.3, 0.4) is 0 Å². The molecule has 0 bridgehead atoms. The molecule has 1 atom stereocenters. The number of amides is 2. The topological polar surface area (TPSA) is 90.7 Å². The van der Waals surface area contributed by atoms with Crippen LogP contribution in [-0.4, -0.2) is 31.4 Å². The Labute approximate surface area is 125 Å². The Bertz CT molecular complexity index is 646. The largest absolute Gasteiger partial charge is 0.449 e. The zero-order valence-corrected chi connectivity index (χ0v) is 9.99. The van der Waals surface area contributed by atoms with Gasteiger partial charge in [-0.15, -0.1) is 0 Å². The summed E-state index contributed by atoms with van der Waals surface area (Å²) in [5, 5.41) is 2.15. The standard InChI is InChI=1S/C12H24N2O4/c1-5-6-12(4,7-17-10(13)15)8-18-11(16)14-9(2)3/h9H,5-8H2,1-4H3,(H2,13,15)(H,14,16)/i1D3,4D3,5D2,6D2,7D2. The molecule has 106 valence electrons. The smallest absolute Gasteiger partial charge is 0.407 e. The number of hydrogen-bond donors (Lipinski definition) is 2. The number of carbonyl (C=O) groups excluding carboxylic acids is 2. The van der Waals surface area contributed by atoms with Crippen molar-refractivity contribution < 1.29 is 35.5 Å². The van der Waals surface area contributed by atoms with Gasteiger partial charge in [0.2, 0.25) is 0 Å². The molecule has 1 unspecified atom stereocenters. The summed E-state index contributed by atoms with van der Waals surface area (Å²) in [6.45, 7) is -10.4. The summed E-state index contributed by atoms with van der Waals surface area (Å²) in [5.74, 6) is 0. The SMILES string of the molecule is [2H]C([2H])([2H])C([2H])([2H])C([2H])([2H])C(COC(=O)NC(C)C)(C([2H])([2H])[2H])C([2H])([2H])OC(N)=O. The summed E-state index contributed by atoms with van der Waals surface area (Å²) >= 11 is 0. The van der Waals surface area contributed by atoms with E-state index in [1.54, 1.807) is 0 Å². The zero-order chi connectivity index (χ0) is 24.6. The molecule has 0 saturated heterocycles. The van der Waals surface area contributed by atoms with Crippen LogP contribution in [0, 0.1) is 5.41 Å². The van der Waals surface area contributed by atoms with E-state index in [-0.39, 0.29) is 0 Å². The average Bonchev–Trinajstić information content (AvgIpc) is 2.41. The third-order valence-electron chi connectivity index (χ3n) is 1.43. The maximum atomic E-state index is 11.9. The molecule has 0 radical (unpaired) electrons. The van der Waals surface area contributed by atoms with Gasteiger partial charge in [0.05, 0.1) is 2.74 Å². The quantitative estimate of drug-likeness (QED) is 0.742. The highest BCUT2D eigenvalue weighted by atomic mass is 16.6. The van der Waals surface area contributed by atoms with Crippen molar-refractivity contribution in [3.05, 3.63) is 0 Å². The summed E-state index contributed by atoms with van der Waals surface area (Å²) in [5.41, 5.74) is 0.893. The summed E-state index contributed by atoms with van der Waals surface area (Å²) in [7, 11) is 0. The van der Waals surface area contributed by atoms with Gasteiger partial charge in [0.25, 0.3) is 0 Å². The monoisotopic (exact) mass is 272 g/mol. The predicted molar refractivity (Wildman–Crippen MR) is 68.2 cm³/mol. The van der Waals surface area contributed by atoms with E-state index in [4.69, 9.17) is 22.2 Å². The van der Waals surface area contributed by atoms with Crippen LogP contribution in [0.2, 0.25) is 0 Å². The molecular formula is C12H24N2O4. The van der Waals surface area contributed by atoms with Crippen LogP contribution in [0.15, 0.2) is 0 Å². The fraction of sp³-hybridized carbons (Fsp3) is 0.833. The van der Waals surface area contributed by atoms with Crippen molar-refractivity contribution in [2.75, 3.05) is 13.2 Å². The van der Waals surface area contributed by atoms with Crippen LogP contribution in [0.5, 0.6) is 0 Å². The first-order chi connectivity index (χ1) is 13.0. The lowest BCUT2D eigenvalue weighted by molar-refractivity contribution is 0.0333. The van der Waals surface area contributed by atoms with E-state index in [1.165, 1.54) is 13.8 Å². The van der Waals surface area contributed by atoms with Crippen molar-refractivity contribution in [2.45, 2.75) is 46.3 Å². The molecule has 18 heavy (non-hydrogen) atoms. The van der Waals surface area contributed by atoms with E-state index in [0.29, 0.717) is 0 Å². The van der Waals surface area contributed by atoms with Crippen LogP contribution in [0.25, 0.3) is 0 Å². The Hall–Kier alpha value is -1.46. The highest BCUT2D eigenvalue weighted by Crippen LogP contribution is 2.24. The van der Waals surface area contributed by atoms with Crippen molar-refractivity contribution in [1.29, 1.82) is 0 Å². The number of ether oxygens (including phenoxy) is 2. The van der Waals surface area contributed by atoms with Gasteiger partial charge in [-0.05, 0) is 20.2 Å². The molecule has 0 aliphatic carbocycles. The Morgan fingerprint density at radius 3 is 2.72 bits per heavy atom. The molecule has 0 rings (SSSR count). The minimum atomic E-state index is -4.13. The molecule has 0 aromatic heterocycles. The lowest BCUT2D eigenvalue weighted by atomic mass is 9.87. The molecule has 6 nitrogen and oxygen atoms in total. The Balaban J connectivity index is 6.96. The van der Waals surface area contributed by atoms with Gasteiger partial charge < -0.3 is 20.5 Å². The Morgan fingerprint density at radius 1 is 1.50 bits per heavy atom. The third-order valence-corrected chi connectivity index (χ3v) is 1.43. The zero-order valence-electron chi connectivity index (χ0n) is 22.0. The molecule has 0 spiro atoms. The van der Waals surface area contributed by atoms with Crippen molar-refractivity contribution in [1.82, 2.24) is 5.32 Å². The lowest BCUT2D eigenvalue weighted by Gasteiger charge is -2.27.